The summed E-state index contributed by atoms with van der Waals surface area (Å²) in [4.78, 5) is 20.8. The molecule has 3 aromatic heterocycles. The smallest absolute Gasteiger partial charge is 0.433 e. The number of ether oxygens (including phenoxy) is 1. The van der Waals surface area contributed by atoms with Crippen LogP contribution in [0.15, 0.2) is 60.9 Å². The van der Waals surface area contributed by atoms with Crippen molar-refractivity contribution >= 4 is 11.6 Å². The van der Waals surface area contributed by atoms with Gasteiger partial charge in [0.15, 0.2) is 11.3 Å². The zero-order chi connectivity index (χ0) is 22.0. The third-order valence-electron chi connectivity index (χ3n) is 4.44. The molecule has 6 nitrogen and oxygen atoms in total. The highest BCUT2D eigenvalue weighted by Crippen LogP contribution is 2.32. The largest absolute Gasteiger partial charge is 0.462 e. The van der Waals surface area contributed by atoms with E-state index < -0.39 is 23.7 Å². The fraction of sp³-hybridized carbons (Fsp3) is 0.143. The van der Waals surface area contributed by atoms with Crippen LogP contribution in [0, 0.1) is 5.82 Å². The lowest BCUT2D eigenvalue weighted by Gasteiger charge is -2.11. The van der Waals surface area contributed by atoms with Crippen LogP contribution in [-0.2, 0) is 17.3 Å². The number of pyridine rings is 1. The molecule has 0 aliphatic heterocycles. The van der Waals surface area contributed by atoms with Crippen molar-refractivity contribution in [1.29, 1.82) is 0 Å². The molecule has 0 unspecified atom stereocenters. The van der Waals surface area contributed by atoms with Crippen LogP contribution in [0.2, 0.25) is 0 Å². The van der Waals surface area contributed by atoms with Crippen LogP contribution < -0.4 is 0 Å². The number of halogens is 4. The molecule has 10 heteroatoms. The maximum absolute atomic E-state index is 13.6. The predicted molar refractivity (Wildman–Crippen MR) is 102 cm³/mol. The zero-order valence-electron chi connectivity index (χ0n) is 15.8. The average molecular weight is 430 g/mol. The number of hydrogen-bond donors (Lipinski definition) is 0. The Morgan fingerprint density at radius 2 is 1.87 bits per heavy atom. The number of alkyl halides is 3. The van der Waals surface area contributed by atoms with Gasteiger partial charge in [-0.3, -0.25) is 4.98 Å². The Labute approximate surface area is 173 Å². The van der Waals surface area contributed by atoms with Crippen molar-refractivity contribution in [1.82, 2.24) is 19.6 Å². The second-order valence-electron chi connectivity index (χ2n) is 6.53. The molecule has 0 N–H and O–H groups in total. The normalized spacial score (nSPS) is 11.6. The van der Waals surface area contributed by atoms with Crippen LogP contribution in [0.25, 0.3) is 16.9 Å². The van der Waals surface area contributed by atoms with Crippen molar-refractivity contribution in [3.05, 3.63) is 83.7 Å². The molecular formula is C21H14F4N4O2. The monoisotopic (exact) mass is 430 g/mol. The van der Waals surface area contributed by atoms with Gasteiger partial charge in [-0.05, 0) is 42.5 Å². The standard InChI is InChI=1S/C21H14F4N4O2/c22-14-6-4-13(5-7-14)17-11-18(21(23,24)25)29-19(28-17)16(12-27-29)20(30)31-10-8-15-3-1-2-9-26-15/h1-7,9,11-12H,8,10H2. The molecule has 0 aliphatic rings. The van der Waals surface area contributed by atoms with Gasteiger partial charge in [-0.1, -0.05) is 6.07 Å². The molecule has 0 saturated carbocycles. The molecule has 0 radical (unpaired) electrons. The third-order valence-corrected chi connectivity index (χ3v) is 4.44. The number of nitrogens with zero attached hydrogens (tertiary/aromatic N) is 4. The van der Waals surface area contributed by atoms with Gasteiger partial charge < -0.3 is 4.74 Å². The van der Waals surface area contributed by atoms with E-state index in [1.165, 1.54) is 12.1 Å². The van der Waals surface area contributed by atoms with E-state index >= 15 is 0 Å². The molecule has 1 aromatic carbocycles. The summed E-state index contributed by atoms with van der Waals surface area (Å²) in [6, 6.07) is 10.9. The SMILES string of the molecule is O=C(OCCc1ccccn1)c1cnn2c(C(F)(F)F)cc(-c3ccc(F)cc3)nc12. The molecule has 4 rings (SSSR count). The topological polar surface area (TPSA) is 69.4 Å². The van der Waals surface area contributed by atoms with Crippen molar-refractivity contribution in [3.63, 3.8) is 0 Å². The molecule has 0 amide bonds. The van der Waals surface area contributed by atoms with Gasteiger partial charge in [0.1, 0.15) is 11.4 Å². The second-order valence-corrected chi connectivity index (χ2v) is 6.53. The molecule has 0 fully saturated rings. The van der Waals surface area contributed by atoms with Crippen LogP contribution in [0.5, 0.6) is 0 Å². The molecule has 4 aromatic rings. The van der Waals surface area contributed by atoms with E-state index in [2.05, 4.69) is 15.1 Å². The van der Waals surface area contributed by atoms with Gasteiger partial charge in [0, 0.05) is 23.9 Å². The molecule has 0 atom stereocenters. The lowest BCUT2D eigenvalue weighted by atomic mass is 10.1. The fourth-order valence-electron chi connectivity index (χ4n) is 2.95. The lowest BCUT2D eigenvalue weighted by Crippen LogP contribution is -2.15. The highest BCUT2D eigenvalue weighted by atomic mass is 19.4. The van der Waals surface area contributed by atoms with Gasteiger partial charge in [0.25, 0.3) is 0 Å². The average Bonchev–Trinajstić information content (AvgIpc) is 3.17. The molecule has 0 spiro atoms. The highest BCUT2D eigenvalue weighted by molar-refractivity contribution is 5.96. The maximum atomic E-state index is 13.6. The van der Waals surface area contributed by atoms with Crippen LogP contribution in [0.1, 0.15) is 21.7 Å². The lowest BCUT2D eigenvalue weighted by molar-refractivity contribution is -0.142. The van der Waals surface area contributed by atoms with E-state index in [9.17, 15) is 22.4 Å². The van der Waals surface area contributed by atoms with Crippen LogP contribution >= 0.6 is 0 Å². The zero-order valence-corrected chi connectivity index (χ0v) is 15.8. The van der Waals surface area contributed by atoms with E-state index in [1.54, 1.807) is 24.4 Å². The van der Waals surface area contributed by atoms with Gasteiger partial charge in [0.05, 0.1) is 18.5 Å². The fourth-order valence-corrected chi connectivity index (χ4v) is 2.95. The quantitative estimate of drug-likeness (QED) is 0.348. The van der Waals surface area contributed by atoms with Crippen LogP contribution in [-0.4, -0.2) is 32.2 Å². The summed E-state index contributed by atoms with van der Waals surface area (Å²) in [7, 11) is 0. The van der Waals surface area contributed by atoms with E-state index in [0.717, 1.165) is 24.4 Å². The Kier molecular flexibility index (Phi) is 5.37. The number of fused-ring (bicyclic) bond motifs is 1. The minimum absolute atomic E-state index is 0.0169. The van der Waals surface area contributed by atoms with Crippen molar-refractivity contribution in [2.45, 2.75) is 12.6 Å². The van der Waals surface area contributed by atoms with Gasteiger partial charge in [-0.15, -0.1) is 0 Å². The predicted octanol–water partition coefficient (Wildman–Crippen LogP) is 4.35. The van der Waals surface area contributed by atoms with E-state index in [4.69, 9.17) is 4.74 Å². The van der Waals surface area contributed by atoms with Crippen molar-refractivity contribution in [3.8, 4) is 11.3 Å². The second kappa shape index (κ2) is 8.13. The Balaban J connectivity index is 1.68. The molecule has 3 heterocycles. The summed E-state index contributed by atoms with van der Waals surface area (Å²) in [5, 5.41) is 3.68. The summed E-state index contributed by atoms with van der Waals surface area (Å²) < 4.78 is 59.8. The Morgan fingerprint density at radius 3 is 2.55 bits per heavy atom. The molecule has 31 heavy (non-hydrogen) atoms. The maximum Gasteiger partial charge on any atom is 0.433 e. The van der Waals surface area contributed by atoms with Crippen LogP contribution in [0.4, 0.5) is 17.6 Å². The summed E-state index contributed by atoms with van der Waals surface area (Å²) in [5.41, 5.74) is -0.768. The minimum atomic E-state index is -4.76. The van der Waals surface area contributed by atoms with E-state index in [-0.39, 0.29) is 29.1 Å². The number of benzene rings is 1. The number of esters is 1. The number of carbonyl (C=O) groups is 1. The van der Waals surface area contributed by atoms with Crippen molar-refractivity contribution < 1.29 is 27.1 Å². The molecular weight excluding hydrogens is 416 g/mol. The Morgan fingerprint density at radius 1 is 1.10 bits per heavy atom. The van der Waals surface area contributed by atoms with Gasteiger partial charge in [0.2, 0.25) is 0 Å². The van der Waals surface area contributed by atoms with E-state index in [1.807, 2.05) is 0 Å². The van der Waals surface area contributed by atoms with Crippen LogP contribution in [0.3, 0.4) is 0 Å². The molecule has 0 saturated heterocycles. The first-order valence-electron chi connectivity index (χ1n) is 9.12. The highest BCUT2D eigenvalue weighted by Gasteiger charge is 2.36. The van der Waals surface area contributed by atoms with Crippen molar-refractivity contribution in [2.75, 3.05) is 6.61 Å². The summed E-state index contributed by atoms with van der Waals surface area (Å²) in [5.74, 6) is -1.40. The number of hydrogen-bond acceptors (Lipinski definition) is 5. The first-order chi connectivity index (χ1) is 14.8. The Hall–Kier alpha value is -3.82. The Bertz CT molecular complexity index is 1220. The molecule has 158 valence electrons. The number of aromatic nitrogens is 4. The minimum Gasteiger partial charge on any atom is -0.462 e. The molecule has 0 bridgehead atoms. The number of carbonyl (C=O) groups excluding carboxylic acids is 1. The van der Waals surface area contributed by atoms with Crippen molar-refractivity contribution in [2.24, 2.45) is 0 Å². The first-order valence-corrected chi connectivity index (χ1v) is 9.12. The third kappa shape index (κ3) is 4.37. The first kappa shape index (κ1) is 20.5. The number of rotatable bonds is 5. The summed E-state index contributed by atoms with van der Waals surface area (Å²) in [6.45, 7) is -0.0169. The van der Waals surface area contributed by atoms with Gasteiger partial charge >= 0.3 is 12.1 Å². The molecule has 0 aliphatic carbocycles. The summed E-state index contributed by atoms with van der Waals surface area (Å²) >= 11 is 0. The van der Waals surface area contributed by atoms with Gasteiger partial charge in [-0.25, -0.2) is 18.7 Å². The van der Waals surface area contributed by atoms with Gasteiger partial charge in [-0.2, -0.15) is 18.3 Å². The summed E-state index contributed by atoms with van der Waals surface area (Å²) in [6.07, 6.45) is -1.84. The van der Waals surface area contributed by atoms with E-state index in [0.29, 0.717) is 16.6 Å².